The molecule has 3 aromatic carbocycles. The molecule has 0 saturated carbocycles. The van der Waals surface area contributed by atoms with Crippen LogP contribution in [0.5, 0.6) is 0 Å². The number of nitrogens with one attached hydrogen (secondary N) is 1. The first-order chi connectivity index (χ1) is 10.2. The van der Waals surface area contributed by atoms with Gasteiger partial charge < -0.3 is 5.32 Å². The molecule has 0 amide bonds. The topological polar surface area (TPSA) is 12.0 Å². The predicted molar refractivity (Wildman–Crippen MR) is 90.4 cm³/mol. The summed E-state index contributed by atoms with van der Waals surface area (Å²) in [4.78, 5) is 0. The minimum atomic E-state index is -0.392. The summed E-state index contributed by atoms with van der Waals surface area (Å²) in [6.45, 7) is 0.474. The lowest BCUT2D eigenvalue weighted by molar-refractivity contribution is 0.626. The van der Waals surface area contributed by atoms with Crippen LogP contribution in [0.25, 0.3) is 10.8 Å². The van der Waals surface area contributed by atoms with Gasteiger partial charge >= 0.3 is 0 Å². The molecule has 106 valence electrons. The van der Waals surface area contributed by atoms with E-state index in [1.165, 1.54) is 6.07 Å². The van der Waals surface area contributed by atoms with Gasteiger partial charge in [-0.05, 0) is 29.1 Å². The number of halogens is 3. The molecular weight excluding hydrogens is 353 g/mol. The molecule has 0 aliphatic carbocycles. The van der Waals surface area contributed by atoms with Crippen LogP contribution in [0.4, 0.5) is 10.1 Å². The van der Waals surface area contributed by atoms with Crippen molar-refractivity contribution < 1.29 is 4.39 Å². The van der Waals surface area contributed by atoms with Gasteiger partial charge in [0.1, 0.15) is 5.82 Å². The molecule has 0 spiro atoms. The normalized spacial score (nSPS) is 10.8. The maximum Gasteiger partial charge on any atom is 0.142 e. The monoisotopic (exact) mass is 363 g/mol. The van der Waals surface area contributed by atoms with E-state index in [0.717, 1.165) is 26.5 Å². The molecule has 0 heterocycles. The molecule has 0 unspecified atom stereocenters. The van der Waals surface area contributed by atoms with E-state index in [1.807, 2.05) is 30.3 Å². The van der Waals surface area contributed by atoms with Gasteiger partial charge in [-0.1, -0.05) is 63.9 Å². The largest absolute Gasteiger partial charge is 0.380 e. The van der Waals surface area contributed by atoms with Gasteiger partial charge in [-0.25, -0.2) is 4.39 Å². The lowest BCUT2D eigenvalue weighted by Crippen LogP contribution is -2.01. The zero-order chi connectivity index (χ0) is 14.8. The Labute approximate surface area is 135 Å². The molecule has 0 aliphatic rings. The first kappa shape index (κ1) is 14.4. The SMILES string of the molecule is Fc1cccc(CNc2ccc(Br)c3ccccc23)c1Cl. The highest BCUT2D eigenvalue weighted by Crippen LogP contribution is 2.30. The van der Waals surface area contributed by atoms with Gasteiger partial charge in [-0.3, -0.25) is 0 Å². The molecule has 0 radical (unpaired) electrons. The highest BCUT2D eigenvalue weighted by molar-refractivity contribution is 9.10. The summed E-state index contributed by atoms with van der Waals surface area (Å²) < 4.78 is 14.5. The van der Waals surface area contributed by atoms with Crippen LogP contribution < -0.4 is 5.32 Å². The second-order valence-corrected chi connectivity index (χ2v) is 5.94. The van der Waals surface area contributed by atoms with Crippen LogP contribution >= 0.6 is 27.5 Å². The van der Waals surface area contributed by atoms with Crippen molar-refractivity contribution in [3.05, 3.63) is 75.5 Å². The number of hydrogen-bond acceptors (Lipinski definition) is 1. The summed E-state index contributed by atoms with van der Waals surface area (Å²) in [6, 6.07) is 16.9. The van der Waals surface area contributed by atoms with Gasteiger partial charge in [0.05, 0.1) is 5.02 Å². The molecule has 3 rings (SSSR count). The highest BCUT2D eigenvalue weighted by atomic mass is 79.9. The molecule has 0 atom stereocenters. The zero-order valence-corrected chi connectivity index (χ0v) is 13.4. The standard InChI is InChI=1S/C17H12BrClFN/c18-14-8-9-16(13-6-2-1-5-12(13)14)21-10-11-4-3-7-15(20)17(11)19/h1-9,21H,10H2. The van der Waals surface area contributed by atoms with Gasteiger partial charge in [-0.15, -0.1) is 0 Å². The number of benzene rings is 3. The van der Waals surface area contributed by atoms with E-state index < -0.39 is 5.82 Å². The maximum absolute atomic E-state index is 13.4. The van der Waals surface area contributed by atoms with E-state index >= 15 is 0 Å². The van der Waals surface area contributed by atoms with E-state index in [0.29, 0.717) is 6.54 Å². The molecule has 1 nitrogen and oxygen atoms in total. The molecular formula is C17H12BrClFN. The van der Waals surface area contributed by atoms with Crippen molar-refractivity contribution >= 4 is 44.0 Å². The summed E-state index contributed by atoms with van der Waals surface area (Å²) in [7, 11) is 0. The van der Waals surface area contributed by atoms with Crippen LogP contribution in [0, 0.1) is 5.82 Å². The number of anilines is 1. The Hall–Kier alpha value is -1.58. The van der Waals surface area contributed by atoms with Crippen molar-refractivity contribution in [2.45, 2.75) is 6.54 Å². The fraction of sp³-hybridized carbons (Fsp3) is 0.0588. The second-order valence-electron chi connectivity index (χ2n) is 4.71. The molecule has 0 aliphatic heterocycles. The minimum absolute atomic E-state index is 0.173. The molecule has 4 heteroatoms. The number of fused-ring (bicyclic) bond motifs is 1. The van der Waals surface area contributed by atoms with E-state index in [-0.39, 0.29) is 5.02 Å². The third-order valence-corrected chi connectivity index (χ3v) is 4.49. The summed E-state index contributed by atoms with van der Waals surface area (Å²) in [5.74, 6) is -0.392. The van der Waals surface area contributed by atoms with Crippen LogP contribution in [0.3, 0.4) is 0 Å². The van der Waals surface area contributed by atoms with Gasteiger partial charge in [0.2, 0.25) is 0 Å². The molecule has 0 fully saturated rings. The van der Waals surface area contributed by atoms with E-state index in [9.17, 15) is 4.39 Å². The Balaban J connectivity index is 1.92. The van der Waals surface area contributed by atoms with E-state index in [4.69, 9.17) is 11.6 Å². The maximum atomic E-state index is 13.4. The highest BCUT2D eigenvalue weighted by Gasteiger charge is 2.07. The predicted octanol–water partition coefficient (Wildman–Crippen LogP) is 6.01. The van der Waals surface area contributed by atoms with Crippen molar-refractivity contribution in [1.29, 1.82) is 0 Å². The average molecular weight is 365 g/mol. The molecule has 1 N–H and O–H groups in total. The van der Waals surface area contributed by atoms with Crippen molar-refractivity contribution in [3.8, 4) is 0 Å². The lowest BCUT2D eigenvalue weighted by Gasteiger charge is -2.12. The van der Waals surface area contributed by atoms with Gasteiger partial charge in [0, 0.05) is 22.1 Å². The third-order valence-electron chi connectivity index (χ3n) is 3.37. The van der Waals surface area contributed by atoms with E-state index in [1.54, 1.807) is 6.07 Å². The van der Waals surface area contributed by atoms with Crippen LogP contribution in [-0.4, -0.2) is 0 Å². The van der Waals surface area contributed by atoms with Crippen molar-refractivity contribution in [3.63, 3.8) is 0 Å². The summed E-state index contributed by atoms with van der Waals surface area (Å²) in [6.07, 6.45) is 0. The summed E-state index contributed by atoms with van der Waals surface area (Å²) in [5, 5.41) is 5.74. The molecule has 21 heavy (non-hydrogen) atoms. The van der Waals surface area contributed by atoms with Gasteiger partial charge in [0.25, 0.3) is 0 Å². The zero-order valence-electron chi connectivity index (χ0n) is 11.0. The lowest BCUT2D eigenvalue weighted by atomic mass is 10.1. The van der Waals surface area contributed by atoms with Crippen LogP contribution in [0.1, 0.15) is 5.56 Å². The van der Waals surface area contributed by atoms with Gasteiger partial charge in [0.15, 0.2) is 0 Å². The summed E-state index contributed by atoms with van der Waals surface area (Å²) in [5.41, 5.74) is 1.73. The van der Waals surface area contributed by atoms with Crippen molar-refractivity contribution in [2.75, 3.05) is 5.32 Å². The van der Waals surface area contributed by atoms with E-state index in [2.05, 4.69) is 33.4 Å². The minimum Gasteiger partial charge on any atom is -0.380 e. The molecule has 0 bridgehead atoms. The van der Waals surface area contributed by atoms with Crippen molar-refractivity contribution in [1.82, 2.24) is 0 Å². The second kappa shape index (κ2) is 6.04. The quantitative estimate of drug-likeness (QED) is 0.600. The number of hydrogen-bond donors (Lipinski definition) is 1. The van der Waals surface area contributed by atoms with Crippen LogP contribution in [0.15, 0.2) is 59.1 Å². The fourth-order valence-corrected chi connectivity index (χ4v) is 2.96. The Morgan fingerprint density at radius 1 is 0.952 bits per heavy atom. The first-order valence-corrected chi connectivity index (χ1v) is 7.68. The average Bonchev–Trinajstić information content (AvgIpc) is 2.51. The Bertz CT molecular complexity index is 804. The number of rotatable bonds is 3. The first-order valence-electron chi connectivity index (χ1n) is 6.51. The Morgan fingerprint density at radius 3 is 2.52 bits per heavy atom. The van der Waals surface area contributed by atoms with Gasteiger partial charge in [-0.2, -0.15) is 0 Å². The summed E-state index contributed by atoms with van der Waals surface area (Å²) >= 11 is 9.53. The van der Waals surface area contributed by atoms with Crippen LogP contribution in [0.2, 0.25) is 5.02 Å². The van der Waals surface area contributed by atoms with Crippen LogP contribution in [-0.2, 0) is 6.54 Å². The molecule has 3 aromatic rings. The van der Waals surface area contributed by atoms with Crippen molar-refractivity contribution in [2.24, 2.45) is 0 Å². The Morgan fingerprint density at radius 2 is 1.71 bits per heavy atom. The third kappa shape index (κ3) is 2.89. The molecule has 0 saturated heterocycles. The molecule has 0 aromatic heterocycles. The fourth-order valence-electron chi connectivity index (χ4n) is 2.29. The smallest absolute Gasteiger partial charge is 0.142 e. The Kier molecular flexibility index (Phi) is 4.13.